The number of carbonyl (C=O) groups excluding carboxylic acids is 3. The summed E-state index contributed by atoms with van der Waals surface area (Å²) in [5, 5.41) is 2.41. The first-order chi connectivity index (χ1) is 8.69. The molecular weight excluding hydrogens is 318 g/mol. The third kappa shape index (κ3) is 8.58. The molecule has 0 radical (unpaired) electrons. The molecule has 110 valence electrons. The Balaban J connectivity index is 4.56. The molecule has 0 aliphatic carbocycles. The lowest BCUT2D eigenvalue weighted by atomic mass is 10.1. The number of alkyl carbamates (subject to hydrolysis) is 1. The molecule has 1 N–H and O–H groups in total. The Morgan fingerprint density at radius 2 is 1.84 bits per heavy atom. The van der Waals surface area contributed by atoms with Crippen LogP contribution in [0.2, 0.25) is 0 Å². The van der Waals surface area contributed by atoms with E-state index in [-0.39, 0.29) is 24.1 Å². The number of ether oxygens (including phenoxy) is 2. The summed E-state index contributed by atoms with van der Waals surface area (Å²) >= 11 is 3.00. The molecule has 0 rings (SSSR count). The Morgan fingerprint density at radius 1 is 1.26 bits per heavy atom. The molecule has 19 heavy (non-hydrogen) atoms. The maximum absolute atomic E-state index is 11.6. The summed E-state index contributed by atoms with van der Waals surface area (Å²) in [6, 6.07) is -0.951. The van der Waals surface area contributed by atoms with Crippen LogP contribution in [-0.2, 0) is 19.1 Å². The summed E-state index contributed by atoms with van der Waals surface area (Å²) in [5.74, 6) is -0.864. The summed E-state index contributed by atoms with van der Waals surface area (Å²) in [7, 11) is 0. The van der Waals surface area contributed by atoms with Gasteiger partial charge in [-0.25, -0.2) is 4.79 Å². The standard InChI is InChI=1S/C12H20BrNO5/c1-5-18-10(16)6-8(9(15)7-13)14-11(17)19-12(2,3)4/h8H,5-7H2,1-4H3,(H,14,17). The van der Waals surface area contributed by atoms with Gasteiger partial charge in [0.25, 0.3) is 0 Å². The van der Waals surface area contributed by atoms with Gasteiger partial charge in [0.15, 0.2) is 5.78 Å². The molecule has 0 aliphatic heterocycles. The van der Waals surface area contributed by atoms with E-state index in [1.807, 2.05) is 0 Å². The number of ketones is 1. The number of Topliss-reactive ketones (excluding diaryl/α,β-unsaturated/α-hetero) is 1. The number of alkyl halides is 1. The van der Waals surface area contributed by atoms with Crippen molar-refractivity contribution in [2.45, 2.75) is 45.8 Å². The predicted molar refractivity (Wildman–Crippen MR) is 73.2 cm³/mol. The van der Waals surface area contributed by atoms with Crippen LogP contribution in [0.5, 0.6) is 0 Å². The minimum Gasteiger partial charge on any atom is -0.466 e. The first-order valence-corrected chi connectivity index (χ1v) is 7.05. The monoisotopic (exact) mass is 337 g/mol. The highest BCUT2D eigenvalue weighted by Crippen LogP contribution is 2.08. The fraction of sp³-hybridized carbons (Fsp3) is 0.750. The number of carbonyl (C=O) groups is 3. The van der Waals surface area contributed by atoms with Crippen molar-refractivity contribution in [3.05, 3.63) is 0 Å². The maximum Gasteiger partial charge on any atom is 0.408 e. The number of nitrogens with one attached hydrogen (secondary N) is 1. The van der Waals surface area contributed by atoms with E-state index in [1.165, 1.54) is 0 Å². The predicted octanol–water partition coefficient (Wildman–Crippen LogP) is 1.80. The van der Waals surface area contributed by atoms with Crippen LogP contribution in [0.1, 0.15) is 34.1 Å². The molecule has 6 nitrogen and oxygen atoms in total. The van der Waals surface area contributed by atoms with Crippen molar-refractivity contribution in [2.24, 2.45) is 0 Å². The number of hydrogen-bond donors (Lipinski definition) is 1. The Bertz CT molecular complexity index is 338. The topological polar surface area (TPSA) is 81.7 Å². The van der Waals surface area contributed by atoms with E-state index in [2.05, 4.69) is 21.2 Å². The van der Waals surface area contributed by atoms with E-state index in [9.17, 15) is 14.4 Å². The van der Waals surface area contributed by atoms with Crippen molar-refractivity contribution in [3.63, 3.8) is 0 Å². The minimum absolute atomic E-state index is 0.0346. The van der Waals surface area contributed by atoms with Crippen LogP contribution < -0.4 is 5.32 Å². The molecule has 0 spiro atoms. The molecule has 0 fully saturated rings. The molecule has 0 aromatic rings. The van der Waals surface area contributed by atoms with Crippen LogP contribution in [0.4, 0.5) is 4.79 Å². The van der Waals surface area contributed by atoms with Gasteiger partial charge in [-0.2, -0.15) is 0 Å². The lowest BCUT2D eigenvalue weighted by molar-refractivity contribution is -0.144. The average molecular weight is 338 g/mol. The molecule has 0 saturated heterocycles. The Kier molecular flexibility index (Phi) is 7.66. The third-order valence-corrected chi connectivity index (χ3v) is 2.44. The zero-order chi connectivity index (χ0) is 15.1. The lowest BCUT2D eigenvalue weighted by Crippen LogP contribution is -2.45. The van der Waals surface area contributed by atoms with Gasteiger partial charge in [-0.15, -0.1) is 0 Å². The fourth-order valence-electron chi connectivity index (χ4n) is 1.17. The Hall–Kier alpha value is -1.11. The first kappa shape index (κ1) is 17.9. The quantitative estimate of drug-likeness (QED) is 0.590. The van der Waals surface area contributed by atoms with Crippen LogP contribution in [-0.4, -0.2) is 41.4 Å². The smallest absolute Gasteiger partial charge is 0.408 e. The summed E-state index contributed by atoms with van der Waals surface area (Å²) in [6.45, 7) is 7.01. The van der Waals surface area contributed by atoms with Crippen LogP contribution in [0, 0.1) is 0 Å². The number of rotatable bonds is 6. The normalized spacial score (nSPS) is 12.5. The molecule has 0 heterocycles. The van der Waals surface area contributed by atoms with Gasteiger partial charge in [0.05, 0.1) is 18.4 Å². The molecule has 0 aliphatic rings. The zero-order valence-electron chi connectivity index (χ0n) is 11.6. The number of esters is 1. The van der Waals surface area contributed by atoms with Crippen LogP contribution in [0.25, 0.3) is 0 Å². The van der Waals surface area contributed by atoms with Gasteiger partial charge in [-0.05, 0) is 27.7 Å². The van der Waals surface area contributed by atoms with E-state index in [0.717, 1.165) is 0 Å². The first-order valence-electron chi connectivity index (χ1n) is 5.93. The lowest BCUT2D eigenvalue weighted by Gasteiger charge is -2.22. The SMILES string of the molecule is CCOC(=O)CC(NC(=O)OC(C)(C)C)C(=O)CBr. The third-order valence-electron chi connectivity index (χ3n) is 1.89. The van der Waals surface area contributed by atoms with Crippen molar-refractivity contribution < 1.29 is 23.9 Å². The van der Waals surface area contributed by atoms with Gasteiger partial charge in [-0.1, -0.05) is 15.9 Å². The number of hydrogen-bond acceptors (Lipinski definition) is 5. The molecule has 1 amide bonds. The Labute approximate surface area is 121 Å². The molecule has 0 saturated carbocycles. The van der Waals surface area contributed by atoms with Crippen LogP contribution in [0.15, 0.2) is 0 Å². The van der Waals surface area contributed by atoms with Crippen molar-refractivity contribution in [2.75, 3.05) is 11.9 Å². The van der Waals surface area contributed by atoms with E-state index in [4.69, 9.17) is 9.47 Å². The second kappa shape index (κ2) is 8.14. The van der Waals surface area contributed by atoms with Gasteiger partial charge in [0.1, 0.15) is 11.6 Å². The van der Waals surface area contributed by atoms with Crippen molar-refractivity contribution >= 4 is 33.8 Å². The minimum atomic E-state index is -0.951. The maximum atomic E-state index is 11.6. The largest absolute Gasteiger partial charge is 0.466 e. The van der Waals surface area contributed by atoms with Gasteiger partial charge in [0.2, 0.25) is 0 Å². The molecular formula is C12H20BrNO5. The molecule has 0 bridgehead atoms. The van der Waals surface area contributed by atoms with E-state index >= 15 is 0 Å². The molecule has 0 aromatic carbocycles. The second-order valence-electron chi connectivity index (χ2n) is 4.81. The van der Waals surface area contributed by atoms with E-state index in [0.29, 0.717) is 0 Å². The molecule has 1 unspecified atom stereocenters. The number of halogens is 1. The zero-order valence-corrected chi connectivity index (χ0v) is 13.2. The molecule has 0 aromatic heterocycles. The molecule has 1 atom stereocenters. The Morgan fingerprint density at radius 3 is 2.26 bits per heavy atom. The van der Waals surface area contributed by atoms with E-state index < -0.39 is 23.7 Å². The summed E-state index contributed by atoms with van der Waals surface area (Å²) in [6.07, 6.45) is -0.951. The highest BCUT2D eigenvalue weighted by molar-refractivity contribution is 9.09. The van der Waals surface area contributed by atoms with Gasteiger partial charge in [0, 0.05) is 0 Å². The van der Waals surface area contributed by atoms with Crippen LogP contribution in [0.3, 0.4) is 0 Å². The molecule has 7 heteroatoms. The van der Waals surface area contributed by atoms with E-state index in [1.54, 1.807) is 27.7 Å². The summed E-state index contributed by atoms with van der Waals surface area (Å²) in [4.78, 5) is 34.6. The number of amides is 1. The summed E-state index contributed by atoms with van der Waals surface area (Å²) in [5.41, 5.74) is -0.671. The van der Waals surface area contributed by atoms with Crippen molar-refractivity contribution in [3.8, 4) is 0 Å². The second-order valence-corrected chi connectivity index (χ2v) is 5.37. The summed E-state index contributed by atoms with van der Waals surface area (Å²) < 4.78 is 9.79. The fourth-order valence-corrected chi connectivity index (χ4v) is 1.57. The van der Waals surface area contributed by atoms with Crippen LogP contribution >= 0.6 is 15.9 Å². The van der Waals surface area contributed by atoms with Gasteiger partial charge >= 0.3 is 12.1 Å². The van der Waals surface area contributed by atoms with Crippen molar-refractivity contribution in [1.82, 2.24) is 5.32 Å². The average Bonchev–Trinajstić information content (AvgIpc) is 2.24. The highest BCUT2D eigenvalue weighted by atomic mass is 79.9. The van der Waals surface area contributed by atoms with Gasteiger partial charge < -0.3 is 14.8 Å². The van der Waals surface area contributed by atoms with Gasteiger partial charge in [-0.3, -0.25) is 9.59 Å². The van der Waals surface area contributed by atoms with Crippen molar-refractivity contribution in [1.29, 1.82) is 0 Å². The highest BCUT2D eigenvalue weighted by Gasteiger charge is 2.26.